The van der Waals surface area contributed by atoms with Crippen molar-refractivity contribution >= 4 is 17.4 Å². The van der Waals surface area contributed by atoms with Crippen molar-refractivity contribution in [2.75, 3.05) is 36.5 Å². The first kappa shape index (κ1) is 17.0. The van der Waals surface area contributed by atoms with Crippen LogP contribution < -0.4 is 15.8 Å². The maximum Gasteiger partial charge on any atom is 0.252 e. The highest BCUT2D eigenvalue weighted by Gasteiger charge is 2.16. The predicted octanol–water partition coefficient (Wildman–Crippen LogP) is 1.07. The lowest BCUT2D eigenvalue weighted by Crippen LogP contribution is -2.37. The number of amides is 1. The number of ether oxygens (including phenoxy) is 1. The van der Waals surface area contributed by atoms with Gasteiger partial charge in [-0.05, 0) is 12.1 Å². The highest BCUT2D eigenvalue weighted by atomic mass is 19.2. The van der Waals surface area contributed by atoms with Crippen LogP contribution in [-0.4, -0.2) is 42.2 Å². The molecule has 0 unspecified atom stereocenters. The number of nitrogens with one attached hydrogen (secondary N) is 2. The predicted molar refractivity (Wildman–Crippen MR) is 86.6 cm³/mol. The SMILES string of the molecule is O=C(Cc1nc(N2CCOCC2)cc(=O)[nH]1)Nc1cccc(F)c1F. The molecule has 9 heteroatoms. The van der Waals surface area contributed by atoms with Crippen LogP contribution in [0.15, 0.2) is 29.1 Å². The van der Waals surface area contributed by atoms with E-state index in [1.54, 1.807) is 0 Å². The largest absolute Gasteiger partial charge is 0.378 e. The zero-order chi connectivity index (χ0) is 17.8. The normalized spacial score (nSPS) is 14.4. The molecule has 0 bridgehead atoms. The van der Waals surface area contributed by atoms with Gasteiger partial charge in [-0.3, -0.25) is 9.59 Å². The summed E-state index contributed by atoms with van der Waals surface area (Å²) in [6.45, 7) is 2.25. The molecular formula is C16H16F2N4O3. The molecule has 2 heterocycles. The Kier molecular flexibility index (Phi) is 5.03. The number of carbonyl (C=O) groups is 1. The molecule has 7 nitrogen and oxygen atoms in total. The number of anilines is 2. The number of hydrogen-bond acceptors (Lipinski definition) is 5. The molecule has 3 rings (SSSR count). The Hall–Kier alpha value is -2.81. The molecule has 1 aliphatic heterocycles. The Morgan fingerprint density at radius 2 is 2.08 bits per heavy atom. The first-order valence-corrected chi connectivity index (χ1v) is 7.70. The van der Waals surface area contributed by atoms with E-state index in [2.05, 4.69) is 15.3 Å². The van der Waals surface area contributed by atoms with E-state index in [1.165, 1.54) is 18.2 Å². The van der Waals surface area contributed by atoms with E-state index in [0.717, 1.165) is 6.07 Å². The fourth-order valence-corrected chi connectivity index (χ4v) is 2.48. The monoisotopic (exact) mass is 350 g/mol. The number of aromatic nitrogens is 2. The fraction of sp³-hybridized carbons (Fsp3) is 0.312. The van der Waals surface area contributed by atoms with Crippen molar-refractivity contribution in [3.63, 3.8) is 0 Å². The van der Waals surface area contributed by atoms with Crippen molar-refractivity contribution < 1.29 is 18.3 Å². The molecule has 0 spiro atoms. The summed E-state index contributed by atoms with van der Waals surface area (Å²) in [7, 11) is 0. The molecule has 0 atom stereocenters. The Balaban J connectivity index is 1.73. The van der Waals surface area contributed by atoms with Gasteiger partial charge in [0, 0.05) is 19.2 Å². The van der Waals surface area contributed by atoms with Crippen LogP contribution >= 0.6 is 0 Å². The number of nitrogens with zero attached hydrogens (tertiary/aromatic N) is 2. The number of carbonyl (C=O) groups excluding carboxylic acids is 1. The Morgan fingerprint density at radius 1 is 1.32 bits per heavy atom. The number of benzene rings is 1. The minimum Gasteiger partial charge on any atom is -0.378 e. The lowest BCUT2D eigenvalue weighted by Gasteiger charge is -2.27. The van der Waals surface area contributed by atoms with Crippen LogP contribution in [0.5, 0.6) is 0 Å². The lowest BCUT2D eigenvalue weighted by atomic mass is 10.2. The maximum absolute atomic E-state index is 13.6. The summed E-state index contributed by atoms with van der Waals surface area (Å²) in [5.41, 5.74) is -0.659. The minimum absolute atomic E-state index is 0.142. The molecular weight excluding hydrogens is 334 g/mol. The van der Waals surface area contributed by atoms with Crippen LogP contribution in [0.4, 0.5) is 20.3 Å². The summed E-state index contributed by atoms with van der Waals surface area (Å²) in [4.78, 5) is 32.5. The van der Waals surface area contributed by atoms with Crippen molar-refractivity contribution in [3.05, 3.63) is 52.1 Å². The van der Waals surface area contributed by atoms with Crippen molar-refractivity contribution in [2.24, 2.45) is 0 Å². The van der Waals surface area contributed by atoms with Gasteiger partial charge in [-0.15, -0.1) is 0 Å². The third-order valence-corrected chi connectivity index (χ3v) is 3.67. The summed E-state index contributed by atoms with van der Waals surface area (Å²) in [5, 5.41) is 2.27. The molecule has 25 heavy (non-hydrogen) atoms. The van der Waals surface area contributed by atoms with E-state index in [0.29, 0.717) is 32.1 Å². The van der Waals surface area contributed by atoms with Crippen molar-refractivity contribution in [1.82, 2.24) is 9.97 Å². The van der Waals surface area contributed by atoms with Crippen LogP contribution in [0.3, 0.4) is 0 Å². The summed E-state index contributed by atoms with van der Waals surface area (Å²) < 4.78 is 32.0. The lowest BCUT2D eigenvalue weighted by molar-refractivity contribution is -0.115. The van der Waals surface area contributed by atoms with E-state index in [9.17, 15) is 18.4 Å². The minimum atomic E-state index is -1.14. The zero-order valence-electron chi connectivity index (χ0n) is 13.2. The first-order valence-electron chi connectivity index (χ1n) is 7.70. The smallest absolute Gasteiger partial charge is 0.252 e. The maximum atomic E-state index is 13.6. The Morgan fingerprint density at radius 3 is 2.84 bits per heavy atom. The molecule has 1 aliphatic rings. The molecule has 1 saturated heterocycles. The van der Waals surface area contributed by atoms with Gasteiger partial charge in [0.1, 0.15) is 11.6 Å². The molecule has 2 aromatic rings. The van der Waals surface area contributed by atoms with Crippen molar-refractivity contribution in [2.45, 2.75) is 6.42 Å². The fourth-order valence-electron chi connectivity index (χ4n) is 2.48. The van der Waals surface area contributed by atoms with E-state index in [4.69, 9.17) is 4.74 Å². The third-order valence-electron chi connectivity index (χ3n) is 3.67. The molecule has 0 radical (unpaired) electrons. The van der Waals surface area contributed by atoms with E-state index < -0.39 is 23.1 Å². The van der Waals surface area contributed by atoms with Crippen LogP contribution in [0, 0.1) is 11.6 Å². The summed E-state index contributed by atoms with van der Waals surface area (Å²) in [6, 6.07) is 4.83. The van der Waals surface area contributed by atoms with Gasteiger partial charge in [0.15, 0.2) is 11.6 Å². The first-order chi connectivity index (χ1) is 12.0. The van der Waals surface area contributed by atoms with E-state index in [1.807, 2.05) is 4.90 Å². The summed E-state index contributed by atoms with van der Waals surface area (Å²) >= 11 is 0. The standard InChI is InChI=1S/C16H16F2N4O3/c17-10-2-1-3-11(16(10)18)19-14(23)8-12-20-13(9-15(24)21-12)22-4-6-25-7-5-22/h1-3,9H,4-8H2,(H,19,23)(H,20,21,24). The number of hydrogen-bond donors (Lipinski definition) is 2. The third kappa shape index (κ3) is 4.18. The number of halogens is 2. The average Bonchev–Trinajstić information content (AvgIpc) is 2.59. The van der Waals surface area contributed by atoms with Crippen LogP contribution in [0.25, 0.3) is 0 Å². The van der Waals surface area contributed by atoms with Crippen LogP contribution in [-0.2, 0) is 16.0 Å². The van der Waals surface area contributed by atoms with Gasteiger partial charge in [0.05, 0.1) is 25.3 Å². The van der Waals surface area contributed by atoms with Gasteiger partial charge in [-0.25, -0.2) is 13.8 Å². The van der Waals surface area contributed by atoms with Gasteiger partial charge in [0.25, 0.3) is 5.56 Å². The topological polar surface area (TPSA) is 87.3 Å². The molecule has 1 aromatic heterocycles. The van der Waals surface area contributed by atoms with E-state index in [-0.39, 0.29) is 17.9 Å². The molecule has 132 valence electrons. The number of morpholine rings is 1. The van der Waals surface area contributed by atoms with Crippen molar-refractivity contribution in [3.8, 4) is 0 Å². The molecule has 1 fully saturated rings. The van der Waals surface area contributed by atoms with Gasteiger partial charge < -0.3 is 19.9 Å². The second-order valence-corrected chi connectivity index (χ2v) is 5.48. The highest BCUT2D eigenvalue weighted by molar-refractivity contribution is 5.91. The molecule has 0 aliphatic carbocycles. The van der Waals surface area contributed by atoms with Gasteiger partial charge in [0.2, 0.25) is 5.91 Å². The zero-order valence-corrected chi connectivity index (χ0v) is 13.2. The quantitative estimate of drug-likeness (QED) is 0.861. The molecule has 2 N–H and O–H groups in total. The van der Waals surface area contributed by atoms with Crippen LogP contribution in [0.1, 0.15) is 5.82 Å². The van der Waals surface area contributed by atoms with Gasteiger partial charge in [-0.1, -0.05) is 6.07 Å². The van der Waals surface area contributed by atoms with Crippen LogP contribution in [0.2, 0.25) is 0 Å². The number of aromatic amines is 1. The van der Waals surface area contributed by atoms with E-state index >= 15 is 0 Å². The summed E-state index contributed by atoms with van der Waals surface area (Å²) in [5.74, 6) is -2.22. The number of rotatable bonds is 4. The Labute approximate surface area is 141 Å². The second-order valence-electron chi connectivity index (χ2n) is 5.48. The Bertz CT molecular complexity index is 834. The van der Waals surface area contributed by atoms with Gasteiger partial charge >= 0.3 is 0 Å². The number of H-pyrrole nitrogens is 1. The average molecular weight is 350 g/mol. The molecule has 1 amide bonds. The summed E-state index contributed by atoms with van der Waals surface area (Å²) in [6.07, 6.45) is -0.274. The highest BCUT2D eigenvalue weighted by Crippen LogP contribution is 2.17. The molecule has 0 saturated carbocycles. The van der Waals surface area contributed by atoms with Crippen molar-refractivity contribution in [1.29, 1.82) is 0 Å². The van der Waals surface area contributed by atoms with Gasteiger partial charge in [-0.2, -0.15) is 0 Å². The molecule has 1 aromatic carbocycles. The second kappa shape index (κ2) is 7.39.